The molecule has 1 N–H and O–H groups in total. The Morgan fingerprint density at radius 2 is 1.82 bits per heavy atom. The molecular formula is C25H23N5O4. The van der Waals surface area contributed by atoms with Crippen LogP contribution in [0.25, 0.3) is 11.0 Å². The first-order valence-corrected chi connectivity index (χ1v) is 10.9. The molecule has 1 aliphatic heterocycles. The molecule has 0 unspecified atom stereocenters. The Morgan fingerprint density at radius 1 is 1.03 bits per heavy atom. The minimum absolute atomic E-state index is 0.0241. The van der Waals surface area contributed by atoms with Gasteiger partial charge in [-0.05, 0) is 42.3 Å². The number of fused-ring (bicyclic) bond motifs is 2. The van der Waals surface area contributed by atoms with E-state index in [0.717, 1.165) is 16.6 Å². The fraction of sp³-hybridized carbons (Fsp3) is 0.200. The number of nitrogens with one attached hydrogen (secondary N) is 1. The summed E-state index contributed by atoms with van der Waals surface area (Å²) in [7, 11) is 0. The molecule has 1 aromatic heterocycles. The molecule has 9 heteroatoms. The molecule has 0 saturated carbocycles. The van der Waals surface area contributed by atoms with E-state index in [1.165, 1.54) is 4.90 Å². The maximum Gasteiger partial charge on any atom is 0.245 e. The van der Waals surface area contributed by atoms with Crippen molar-refractivity contribution in [1.82, 2.24) is 19.9 Å². The number of carbonyl (C=O) groups is 2. The van der Waals surface area contributed by atoms with E-state index in [2.05, 4.69) is 15.6 Å². The van der Waals surface area contributed by atoms with Gasteiger partial charge in [0.05, 0.1) is 5.52 Å². The Hall–Kier alpha value is -4.40. The van der Waals surface area contributed by atoms with Gasteiger partial charge < -0.3 is 19.7 Å². The highest BCUT2D eigenvalue weighted by Gasteiger charge is 2.21. The first-order valence-electron chi connectivity index (χ1n) is 10.9. The normalized spacial score (nSPS) is 12.0. The van der Waals surface area contributed by atoms with Crippen LogP contribution in [-0.4, -0.2) is 45.0 Å². The third kappa shape index (κ3) is 4.54. The van der Waals surface area contributed by atoms with E-state index in [1.807, 2.05) is 55.5 Å². The summed E-state index contributed by atoms with van der Waals surface area (Å²) < 4.78 is 12.2. The van der Waals surface area contributed by atoms with Crippen molar-refractivity contribution >= 4 is 28.5 Å². The lowest BCUT2D eigenvalue weighted by molar-refractivity contribution is -0.136. The van der Waals surface area contributed by atoms with Crippen LogP contribution in [-0.2, 0) is 22.7 Å². The van der Waals surface area contributed by atoms with Gasteiger partial charge in [-0.15, -0.1) is 5.10 Å². The van der Waals surface area contributed by atoms with Crippen LogP contribution in [0.5, 0.6) is 11.5 Å². The molecule has 172 valence electrons. The predicted octanol–water partition coefficient (Wildman–Crippen LogP) is 3.14. The maximum atomic E-state index is 13.3. The van der Waals surface area contributed by atoms with Crippen molar-refractivity contribution in [3.63, 3.8) is 0 Å². The third-order valence-electron chi connectivity index (χ3n) is 5.67. The van der Waals surface area contributed by atoms with E-state index in [0.29, 0.717) is 29.2 Å². The van der Waals surface area contributed by atoms with Gasteiger partial charge in [0, 0.05) is 18.3 Å². The maximum absolute atomic E-state index is 13.3. The number of rotatable bonds is 7. The van der Waals surface area contributed by atoms with Crippen LogP contribution >= 0.6 is 0 Å². The zero-order valence-electron chi connectivity index (χ0n) is 18.6. The Labute approximate surface area is 195 Å². The zero-order chi connectivity index (χ0) is 23.5. The summed E-state index contributed by atoms with van der Waals surface area (Å²) in [6, 6.07) is 20.4. The van der Waals surface area contributed by atoms with Gasteiger partial charge in [0.25, 0.3) is 0 Å². The highest BCUT2D eigenvalue weighted by molar-refractivity contribution is 5.95. The molecule has 0 aliphatic carbocycles. The second-order valence-electron chi connectivity index (χ2n) is 8.03. The first kappa shape index (κ1) is 21.4. The van der Waals surface area contributed by atoms with Crippen LogP contribution in [0.2, 0.25) is 0 Å². The predicted molar refractivity (Wildman–Crippen MR) is 125 cm³/mol. The van der Waals surface area contributed by atoms with Crippen LogP contribution in [0.3, 0.4) is 0 Å². The van der Waals surface area contributed by atoms with Crippen LogP contribution in [0.15, 0.2) is 66.7 Å². The lowest BCUT2D eigenvalue weighted by atomic mass is 10.1. The highest BCUT2D eigenvalue weighted by Crippen LogP contribution is 2.34. The lowest BCUT2D eigenvalue weighted by Gasteiger charge is -2.23. The number of aryl methyl sites for hydroxylation is 1. The molecule has 5 rings (SSSR count). The number of anilines is 1. The van der Waals surface area contributed by atoms with Gasteiger partial charge in [-0.2, -0.15) is 0 Å². The number of nitrogens with zero attached hydrogens (tertiary/aromatic N) is 4. The van der Waals surface area contributed by atoms with Crippen LogP contribution < -0.4 is 14.8 Å². The molecule has 0 radical (unpaired) electrons. The topological polar surface area (TPSA) is 98.6 Å². The molecule has 3 aromatic carbocycles. The van der Waals surface area contributed by atoms with E-state index < -0.39 is 0 Å². The molecule has 1 aliphatic rings. The Balaban J connectivity index is 1.34. The van der Waals surface area contributed by atoms with Crippen LogP contribution in [0, 0.1) is 6.92 Å². The second-order valence-corrected chi connectivity index (χ2v) is 8.03. The number of para-hydroxylation sites is 1. The molecule has 9 nitrogen and oxygen atoms in total. The van der Waals surface area contributed by atoms with Crippen molar-refractivity contribution in [2.24, 2.45) is 0 Å². The molecule has 0 saturated heterocycles. The summed E-state index contributed by atoms with van der Waals surface area (Å²) in [6.45, 7) is 2.29. The van der Waals surface area contributed by atoms with Crippen molar-refractivity contribution in [3.8, 4) is 11.5 Å². The molecule has 4 aromatic rings. The number of ether oxygens (including phenoxy) is 2. The Bertz CT molecular complexity index is 1370. The first-order chi connectivity index (χ1) is 16.6. The number of hydrogen-bond donors (Lipinski definition) is 1. The van der Waals surface area contributed by atoms with Gasteiger partial charge in [-0.25, -0.2) is 4.68 Å². The Morgan fingerprint density at radius 3 is 2.71 bits per heavy atom. The SMILES string of the molecule is Cc1ccccc1CN(CC(=O)Nc1ccc2c(c1)OCO2)C(=O)Cn1nnc2ccccc21. The fourth-order valence-electron chi connectivity index (χ4n) is 3.84. The van der Waals surface area contributed by atoms with Gasteiger partial charge in [-0.1, -0.05) is 41.6 Å². The van der Waals surface area contributed by atoms with Crippen molar-refractivity contribution in [2.75, 3.05) is 18.7 Å². The lowest BCUT2D eigenvalue weighted by Crippen LogP contribution is -2.39. The largest absolute Gasteiger partial charge is 0.454 e. The monoisotopic (exact) mass is 457 g/mol. The van der Waals surface area contributed by atoms with E-state index >= 15 is 0 Å². The van der Waals surface area contributed by atoms with E-state index in [-0.39, 0.29) is 31.7 Å². The van der Waals surface area contributed by atoms with Gasteiger partial charge >= 0.3 is 0 Å². The van der Waals surface area contributed by atoms with Crippen molar-refractivity contribution in [1.29, 1.82) is 0 Å². The zero-order valence-corrected chi connectivity index (χ0v) is 18.6. The van der Waals surface area contributed by atoms with E-state index in [4.69, 9.17) is 9.47 Å². The minimum atomic E-state index is -0.316. The number of aromatic nitrogens is 3. The van der Waals surface area contributed by atoms with Crippen molar-refractivity contribution in [3.05, 3.63) is 77.9 Å². The van der Waals surface area contributed by atoms with E-state index in [9.17, 15) is 9.59 Å². The molecule has 34 heavy (non-hydrogen) atoms. The summed E-state index contributed by atoms with van der Waals surface area (Å²) >= 11 is 0. The smallest absolute Gasteiger partial charge is 0.245 e. The number of hydrogen-bond acceptors (Lipinski definition) is 6. The molecule has 0 atom stereocenters. The quantitative estimate of drug-likeness (QED) is 0.458. The fourth-order valence-corrected chi connectivity index (χ4v) is 3.84. The number of amides is 2. The minimum Gasteiger partial charge on any atom is -0.454 e. The summed E-state index contributed by atoms with van der Waals surface area (Å²) in [4.78, 5) is 27.8. The molecule has 2 heterocycles. The average molecular weight is 457 g/mol. The standard InChI is InChI=1S/C25H23N5O4/c1-17-6-2-3-7-18(17)13-29(25(32)15-30-21-9-5-4-8-20(21)27-28-30)14-24(31)26-19-10-11-22-23(12-19)34-16-33-22/h2-12H,13-16H2,1H3,(H,26,31). The van der Waals surface area contributed by atoms with E-state index in [1.54, 1.807) is 22.9 Å². The summed E-state index contributed by atoms with van der Waals surface area (Å²) in [5.74, 6) is 0.655. The molecule has 0 bridgehead atoms. The number of carbonyl (C=O) groups excluding carboxylic acids is 2. The molecular weight excluding hydrogens is 434 g/mol. The van der Waals surface area contributed by atoms with Crippen LogP contribution in [0.1, 0.15) is 11.1 Å². The summed E-state index contributed by atoms with van der Waals surface area (Å²) in [5, 5.41) is 11.1. The van der Waals surface area contributed by atoms with Gasteiger partial charge in [-0.3, -0.25) is 9.59 Å². The van der Waals surface area contributed by atoms with Crippen molar-refractivity contribution in [2.45, 2.75) is 20.0 Å². The van der Waals surface area contributed by atoms with Crippen LogP contribution in [0.4, 0.5) is 5.69 Å². The van der Waals surface area contributed by atoms with Gasteiger partial charge in [0.2, 0.25) is 18.6 Å². The third-order valence-corrected chi connectivity index (χ3v) is 5.67. The van der Waals surface area contributed by atoms with Gasteiger partial charge in [0.1, 0.15) is 18.6 Å². The number of benzene rings is 3. The van der Waals surface area contributed by atoms with Gasteiger partial charge in [0.15, 0.2) is 11.5 Å². The summed E-state index contributed by atoms with van der Waals surface area (Å²) in [6.07, 6.45) is 0. The molecule has 2 amide bonds. The Kier molecular flexibility index (Phi) is 5.82. The molecule has 0 spiro atoms. The highest BCUT2D eigenvalue weighted by atomic mass is 16.7. The van der Waals surface area contributed by atoms with Crippen molar-refractivity contribution < 1.29 is 19.1 Å². The molecule has 0 fully saturated rings. The summed E-state index contributed by atoms with van der Waals surface area (Å²) in [5.41, 5.74) is 4.05. The average Bonchev–Trinajstić information content (AvgIpc) is 3.47. The second kappa shape index (κ2) is 9.22.